The maximum Gasteiger partial charge on any atom is 0.343 e. The van der Waals surface area contributed by atoms with Gasteiger partial charge < -0.3 is 28.4 Å². The number of rotatable bonds is 31. The summed E-state index contributed by atoms with van der Waals surface area (Å²) in [5.41, 5.74) is 5.07. The number of esters is 6. The first-order valence-corrected chi connectivity index (χ1v) is 27.8. The molecule has 2 unspecified atom stereocenters. The Morgan fingerprint density at radius 1 is 0.308 bits per heavy atom. The van der Waals surface area contributed by atoms with Crippen molar-refractivity contribution in [2.75, 3.05) is 0 Å². The third-order valence-electron chi connectivity index (χ3n) is 13.2. The van der Waals surface area contributed by atoms with E-state index in [1.165, 1.54) is 99.9 Å². The number of benzene rings is 6. The summed E-state index contributed by atoms with van der Waals surface area (Å²) in [5, 5.41) is 0. The molecule has 0 aliphatic rings. The summed E-state index contributed by atoms with van der Waals surface area (Å²) < 4.78 is 33.3. The Bertz CT molecular complexity index is 2620. The lowest BCUT2D eigenvalue weighted by atomic mass is 10.0. The van der Waals surface area contributed by atoms with E-state index < -0.39 is 23.9 Å². The Kier molecular flexibility index (Phi) is 24.4. The van der Waals surface area contributed by atoms with Gasteiger partial charge in [0.05, 0.1) is 34.5 Å². The molecule has 0 spiro atoms. The highest BCUT2D eigenvalue weighted by molar-refractivity contribution is 5.93. The van der Waals surface area contributed by atoms with Gasteiger partial charge in [0.1, 0.15) is 23.0 Å². The van der Waals surface area contributed by atoms with Gasteiger partial charge in [-0.05, 0) is 172 Å². The Labute approximate surface area is 459 Å². The first kappa shape index (κ1) is 59.4. The van der Waals surface area contributed by atoms with E-state index in [2.05, 4.69) is 13.8 Å². The second-order valence-corrected chi connectivity index (χ2v) is 19.7. The maximum absolute atomic E-state index is 12.9. The molecule has 0 heterocycles. The molecule has 0 saturated carbocycles. The predicted octanol–water partition coefficient (Wildman–Crippen LogP) is 16.1. The Balaban J connectivity index is 0.835. The molecular formula is C66H74O12. The van der Waals surface area contributed by atoms with E-state index in [1.807, 2.05) is 62.4 Å². The van der Waals surface area contributed by atoms with Crippen molar-refractivity contribution in [1.82, 2.24) is 0 Å². The zero-order valence-corrected chi connectivity index (χ0v) is 45.6. The summed E-state index contributed by atoms with van der Waals surface area (Å²) in [4.78, 5) is 76.4. The van der Waals surface area contributed by atoms with Gasteiger partial charge in [-0.25, -0.2) is 19.2 Å². The first-order valence-electron chi connectivity index (χ1n) is 27.8. The van der Waals surface area contributed by atoms with Crippen LogP contribution < -0.4 is 18.9 Å². The minimum atomic E-state index is -0.581. The third-order valence-corrected chi connectivity index (χ3v) is 13.2. The lowest BCUT2D eigenvalue weighted by molar-refractivity contribution is -0.136. The number of carbonyl (C=O) groups is 6. The van der Waals surface area contributed by atoms with Crippen molar-refractivity contribution in [2.45, 2.75) is 155 Å². The van der Waals surface area contributed by atoms with E-state index in [9.17, 15) is 28.8 Å². The van der Waals surface area contributed by atoms with Crippen LogP contribution in [0.15, 0.2) is 146 Å². The number of hydrogen-bond donors (Lipinski definition) is 0. The molecule has 0 aliphatic carbocycles. The standard InChI is InChI=1S/C66H74O12/c1-5-7-9-11-13-15-19-47(3)73-63(69)53-27-23-49(24-28-53)51-31-39-59(40-32-51)77-65(71)55-35-43-57(44-36-55)75-61(67)21-17-18-22-62(68)76-58-45-37-56(38-46-58)66(72)78-60-41-33-52(34-42-60)50-25-29-54(30-26-50)64(70)74-48(4)20-16-14-12-10-8-6-2/h23-48H,5-22H2,1-4H3. The van der Waals surface area contributed by atoms with E-state index in [0.29, 0.717) is 35.5 Å². The normalized spacial score (nSPS) is 11.7. The van der Waals surface area contributed by atoms with Crippen molar-refractivity contribution in [3.05, 3.63) is 168 Å². The Morgan fingerprint density at radius 2 is 0.564 bits per heavy atom. The van der Waals surface area contributed by atoms with Crippen molar-refractivity contribution in [3.63, 3.8) is 0 Å². The van der Waals surface area contributed by atoms with E-state index in [1.54, 1.807) is 48.5 Å². The summed E-state index contributed by atoms with van der Waals surface area (Å²) in [6.07, 6.45) is 16.6. The largest absolute Gasteiger partial charge is 0.459 e. The van der Waals surface area contributed by atoms with Gasteiger partial charge in [0.25, 0.3) is 0 Å². The van der Waals surface area contributed by atoms with Crippen molar-refractivity contribution in [2.24, 2.45) is 0 Å². The van der Waals surface area contributed by atoms with Crippen LogP contribution in [0.1, 0.15) is 185 Å². The van der Waals surface area contributed by atoms with Crippen LogP contribution in [0, 0.1) is 0 Å². The molecule has 0 aromatic heterocycles. The lowest BCUT2D eigenvalue weighted by Gasteiger charge is -2.13. The topological polar surface area (TPSA) is 158 Å². The van der Waals surface area contributed by atoms with E-state index in [0.717, 1.165) is 60.8 Å². The van der Waals surface area contributed by atoms with E-state index >= 15 is 0 Å². The second kappa shape index (κ2) is 32.0. The van der Waals surface area contributed by atoms with Gasteiger partial charge in [0.2, 0.25) is 0 Å². The average Bonchev–Trinajstić information content (AvgIpc) is 3.45. The number of carbonyl (C=O) groups excluding carboxylic acids is 6. The Morgan fingerprint density at radius 3 is 0.897 bits per heavy atom. The van der Waals surface area contributed by atoms with Crippen LogP contribution in [0.2, 0.25) is 0 Å². The minimum absolute atomic E-state index is 0.0614. The van der Waals surface area contributed by atoms with Crippen molar-refractivity contribution in [1.29, 1.82) is 0 Å². The van der Waals surface area contributed by atoms with Crippen molar-refractivity contribution < 1.29 is 57.2 Å². The van der Waals surface area contributed by atoms with E-state index in [-0.39, 0.29) is 59.6 Å². The van der Waals surface area contributed by atoms with Gasteiger partial charge in [0.15, 0.2) is 0 Å². The molecule has 0 aliphatic heterocycles. The molecule has 410 valence electrons. The molecule has 6 aromatic rings. The molecule has 0 fully saturated rings. The van der Waals surface area contributed by atoms with Gasteiger partial charge in [-0.15, -0.1) is 0 Å². The molecule has 0 amide bonds. The van der Waals surface area contributed by atoms with E-state index in [4.69, 9.17) is 28.4 Å². The van der Waals surface area contributed by atoms with Crippen LogP contribution in [-0.2, 0) is 19.1 Å². The fourth-order valence-corrected chi connectivity index (χ4v) is 8.63. The molecule has 6 rings (SSSR count). The molecular weight excluding hydrogens is 985 g/mol. The van der Waals surface area contributed by atoms with Crippen LogP contribution in [0.3, 0.4) is 0 Å². The van der Waals surface area contributed by atoms with Crippen molar-refractivity contribution in [3.8, 4) is 45.3 Å². The first-order chi connectivity index (χ1) is 37.9. The molecule has 78 heavy (non-hydrogen) atoms. The van der Waals surface area contributed by atoms with Gasteiger partial charge in [-0.1, -0.05) is 127 Å². The number of hydrogen-bond acceptors (Lipinski definition) is 12. The van der Waals surface area contributed by atoms with Crippen LogP contribution in [0.25, 0.3) is 22.3 Å². The summed E-state index contributed by atoms with van der Waals surface area (Å²) in [6, 6.07) is 40.6. The van der Waals surface area contributed by atoms with Gasteiger partial charge in [0, 0.05) is 12.8 Å². The quantitative estimate of drug-likeness (QED) is 0.0231. The second-order valence-electron chi connectivity index (χ2n) is 19.7. The third kappa shape index (κ3) is 20.3. The van der Waals surface area contributed by atoms with Crippen LogP contribution in [0.4, 0.5) is 0 Å². The van der Waals surface area contributed by atoms with Gasteiger partial charge in [-0.2, -0.15) is 0 Å². The SMILES string of the molecule is CCCCCCCCC(C)OC(=O)c1ccc(-c2ccc(OC(=O)c3ccc(OC(=O)CCCCC(=O)Oc4ccc(C(=O)Oc5ccc(-c6ccc(C(=O)OC(C)CCCCCCCC)cc6)cc5)cc4)cc3)cc2)cc1. The molecule has 2 atom stereocenters. The minimum Gasteiger partial charge on any atom is -0.459 e. The summed E-state index contributed by atoms with van der Waals surface area (Å²) >= 11 is 0. The van der Waals surface area contributed by atoms with Crippen molar-refractivity contribution >= 4 is 35.8 Å². The Hall–Kier alpha value is -7.86. The monoisotopic (exact) mass is 1060 g/mol. The zero-order valence-electron chi connectivity index (χ0n) is 45.6. The van der Waals surface area contributed by atoms with Gasteiger partial charge >= 0.3 is 35.8 Å². The lowest BCUT2D eigenvalue weighted by Crippen LogP contribution is -2.15. The van der Waals surface area contributed by atoms with Crippen LogP contribution >= 0.6 is 0 Å². The van der Waals surface area contributed by atoms with Crippen LogP contribution in [-0.4, -0.2) is 48.0 Å². The maximum atomic E-state index is 12.9. The fraction of sp³-hybridized carbons (Fsp3) is 0.364. The molecule has 0 N–H and O–H groups in total. The molecule has 12 heteroatoms. The molecule has 0 saturated heterocycles. The van der Waals surface area contributed by atoms with Gasteiger partial charge in [-0.3, -0.25) is 9.59 Å². The number of unbranched alkanes of at least 4 members (excludes halogenated alkanes) is 11. The summed E-state index contributed by atoms with van der Waals surface area (Å²) in [7, 11) is 0. The fourth-order valence-electron chi connectivity index (χ4n) is 8.63. The highest BCUT2D eigenvalue weighted by Gasteiger charge is 2.17. The average molecular weight is 1060 g/mol. The highest BCUT2D eigenvalue weighted by Crippen LogP contribution is 2.27. The molecule has 6 aromatic carbocycles. The zero-order chi connectivity index (χ0) is 55.5. The number of ether oxygens (including phenoxy) is 6. The van der Waals surface area contributed by atoms with Crippen LogP contribution in [0.5, 0.6) is 23.0 Å². The predicted molar refractivity (Wildman–Crippen MR) is 302 cm³/mol. The molecule has 0 bridgehead atoms. The molecule has 0 radical (unpaired) electrons. The summed E-state index contributed by atoms with van der Waals surface area (Å²) in [5.74, 6) is -1.60. The summed E-state index contributed by atoms with van der Waals surface area (Å²) in [6.45, 7) is 8.28. The smallest absolute Gasteiger partial charge is 0.343 e. The highest BCUT2D eigenvalue weighted by atomic mass is 16.6. The molecule has 12 nitrogen and oxygen atoms in total.